The zero-order chi connectivity index (χ0) is 24.5. The number of benzene rings is 2. The van der Waals surface area contributed by atoms with Crippen molar-refractivity contribution < 1.29 is 26.7 Å². The Kier molecular flexibility index (Phi) is 7.45. The minimum absolute atomic E-state index is 0.183. The van der Waals surface area contributed by atoms with Crippen LogP contribution in [0.2, 0.25) is 5.02 Å². The molecule has 0 radical (unpaired) electrons. The van der Waals surface area contributed by atoms with Gasteiger partial charge in [0.25, 0.3) is 5.91 Å². The first-order valence-electron chi connectivity index (χ1n) is 11.2. The van der Waals surface area contributed by atoms with Gasteiger partial charge in [0.15, 0.2) is 0 Å². The average molecular weight is 513 g/mol. The van der Waals surface area contributed by atoms with E-state index in [1.54, 1.807) is 6.07 Å². The molecule has 2 aromatic rings. The third kappa shape index (κ3) is 6.46. The molecule has 2 fully saturated rings. The Hall–Kier alpha value is -2.23. The molecule has 0 atom stereocenters. The summed E-state index contributed by atoms with van der Waals surface area (Å²) in [5, 5.41) is 0.425. The molecule has 10 heteroatoms. The number of carbonyl (C=O) groups is 1. The normalized spacial score (nSPS) is 17.5. The van der Waals surface area contributed by atoms with Gasteiger partial charge in [-0.2, -0.15) is 0 Å². The quantitative estimate of drug-likeness (QED) is 0.564. The van der Waals surface area contributed by atoms with E-state index < -0.39 is 21.7 Å². The molecule has 1 amide bonds. The van der Waals surface area contributed by atoms with Crippen molar-refractivity contribution in [2.75, 3.05) is 26.0 Å². The van der Waals surface area contributed by atoms with E-state index in [1.807, 2.05) is 4.72 Å². The fraction of sp³-hybridized carbons (Fsp3) is 0.458. The van der Waals surface area contributed by atoms with E-state index in [0.717, 1.165) is 56.2 Å². The number of carbonyl (C=O) groups excluding carboxylic acids is 1. The first-order chi connectivity index (χ1) is 16.1. The molecule has 2 aromatic carbocycles. The number of ether oxygens (including phenoxy) is 1. The third-order valence-electron chi connectivity index (χ3n) is 6.23. The molecule has 0 aromatic heterocycles. The van der Waals surface area contributed by atoms with Gasteiger partial charge in [-0.15, -0.1) is 0 Å². The number of amides is 1. The lowest BCUT2D eigenvalue weighted by Crippen LogP contribution is -2.35. The van der Waals surface area contributed by atoms with E-state index in [1.165, 1.54) is 24.3 Å². The maximum absolute atomic E-state index is 14.6. The molecule has 184 valence electrons. The first-order valence-corrected chi connectivity index (χ1v) is 13.5. The van der Waals surface area contributed by atoms with Gasteiger partial charge in [-0.05, 0) is 79.9 Å². The van der Waals surface area contributed by atoms with E-state index in [4.69, 9.17) is 16.3 Å². The number of piperidine rings is 1. The van der Waals surface area contributed by atoms with Crippen LogP contribution in [-0.4, -0.2) is 45.2 Å². The van der Waals surface area contributed by atoms with Crippen LogP contribution in [0, 0.1) is 17.6 Å². The van der Waals surface area contributed by atoms with Gasteiger partial charge in [-0.3, -0.25) is 9.69 Å². The van der Waals surface area contributed by atoms with Gasteiger partial charge in [0.05, 0.1) is 18.4 Å². The third-order valence-corrected chi connectivity index (χ3v) is 7.14. The second-order valence-corrected chi connectivity index (χ2v) is 11.3. The maximum Gasteiger partial charge on any atom is 0.267 e. The van der Waals surface area contributed by atoms with Crippen LogP contribution in [0.4, 0.5) is 8.78 Å². The standard InChI is InChI=1S/C24H27ClF2N2O4S/c1-34(31,32)28-24(30)20-11-19(16-2-3-16)23(12-22(20)27)33-14-15-6-8-29(9-7-15)13-17-4-5-18(26)10-21(17)25/h4-5,10-12,15-16H,2-3,6-9,13-14H2,1H3,(H,28,30). The molecule has 6 nitrogen and oxygen atoms in total. The maximum atomic E-state index is 14.6. The molecule has 1 aliphatic heterocycles. The molecule has 34 heavy (non-hydrogen) atoms. The van der Waals surface area contributed by atoms with Gasteiger partial charge < -0.3 is 4.74 Å². The highest BCUT2D eigenvalue weighted by atomic mass is 35.5. The van der Waals surface area contributed by atoms with Crippen LogP contribution in [0.15, 0.2) is 30.3 Å². The van der Waals surface area contributed by atoms with Crippen LogP contribution in [0.5, 0.6) is 5.75 Å². The molecule has 1 saturated carbocycles. The number of sulfonamides is 1. The SMILES string of the molecule is CS(=O)(=O)NC(=O)c1cc(C2CC2)c(OCC2CCN(Cc3ccc(F)cc3Cl)CC2)cc1F. The molecule has 1 N–H and O–H groups in total. The van der Waals surface area contributed by atoms with Crippen LogP contribution in [-0.2, 0) is 16.6 Å². The number of hydrogen-bond acceptors (Lipinski definition) is 5. The number of rotatable bonds is 8. The summed E-state index contributed by atoms with van der Waals surface area (Å²) in [4.78, 5) is 14.5. The van der Waals surface area contributed by atoms with E-state index in [-0.39, 0.29) is 17.3 Å². The molecule has 1 heterocycles. The summed E-state index contributed by atoms with van der Waals surface area (Å²) in [7, 11) is -3.79. The predicted octanol–water partition coefficient (Wildman–Crippen LogP) is 4.48. The number of nitrogens with one attached hydrogen (secondary N) is 1. The van der Waals surface area contributed by atoms with E-state index >= 15 is 0 Å². The van der Waals surface area contributed by atoms with E-state index in [9.17, 15) is 22.0 Å². The molecule has 4 rings (SSSR count). The van der Waals surface area contributed by atoms with Gasteiger partial charge in [-0.1, -0.05) is 17.7 Å². The minimum atomic E-state index is -3.79. The number of likely N-dealkylation sites (tertiary alicyclic amines) is 1. The molecule has 0 spiro atoms. The number of nitrogens with zero attached hydrogens (tertiary/aromatic N) is 1. The zero-order valence-electron chi connectivity index (χ0n) is 18.8. The minimum Gasteiger partial charge on any atom is -0.493 e. The van der Waals surface area contributed by atoms with Crippen LogP contribution < -0.4 is 9.46 Å². The Bertz CT molecular complexity index is 1180. The highest BCUT2D eigenvalue weighted by molar-refractivity contribution is 7.89. The number of hydrogen-bond donors (Lipinski definition) is 1. The van der Waals surface area contributed by atoms with Gasteiger partial charge in [0.1, 0.15) is 17.4 Å². The van der Waals surface area contributed by atoms with Gasteiger partial charge in [-0.25, -0.2) is 21.9 Å². The molecule has 2 aliphatic rings. The zero-order valence-corrected chi connectivity index (χ0v) is 20.4. The summed E-state index contributed by atoms with van der Waals surface area (Å²) in [5.41, 5.74) is 1.33. The van der Waals surface area contributed by atoms with E-state index in [2.05, 4.69) is 4.90 Å². The highest BCUT2D eigenvalue weighted by Gasteiger charge is 2.30. The fourth-order valence-electron chi connectivity index (χ4n) is 4.22. The second-order valence-electron chi connectivity index (χ2n) is 9.11. The fourth-order valence-corrected chi connectivity index (χ4v) is 4.89. The lowest BCUT2D eigenvalue weighted by atomic mass is 9.97. The van der Waals surface area contributed by atoms with Gasteiger partial charge in [0, 0.05) is 17.6 Å². The molecule has 1 saturated heterocycles. The second kappa shape index (κ2) is 10.2. The van der Waals surface area contributed by atoms with E-state index in [0.29, 0.717) is 29.8 Å². The van der Waals surface area contributed by atoms with Gasteiger partial charge >= 0.3 is 0 Å². The highest BCUT2D eigenvalue weighted by Crippen LogP contribution is 2.45. The van der Waals surface area contributed by atoms with Crippen LogP contribution in [0.1, 0.15) is 53.1 Å². The molecular formula is C24H27ClF2N2O4S. The lowest BCUT2D eigenvalue weighted by Gasteiger charge is -2.32. The van der Waals surface area contributed by atoms with Crippen molar-refractivity contribution >= 4 is 27.5 Å². The lowest BCUT2D eigenvalue weighted by molar-refractivity contribution is 0.0977. The van der Waals surface area contributed by atoms with Crippen LogP contribution >= 0.6 is 11.6 Å². The topological polar surface area (TPSA) is 75.7 Å². The monoisotopic (exact) mass is 512 g/mol. The Morgan fingerprint density at radius 1 is 1.15 bits per heavy atom. The summed E-state index contributed by atoms with van der Waals surface area (Å²) in [6.45, 7) is 2.77. The first kappa shape index (κ1) is 24.9. The van der Waals surface area contributed by atoms with Crippen molar-refractivity contribution in [1.82, 2.24) is 9.62 Å². The van der Waals surface area contributed by atoms with Crippen molar-refractivity contribution in [2.24, 2.45) is 5.92 Å². The molecule has 0 unspecified atom stereocenters. The molecule has 1 aliphatic carbocycles. The Balaban J connectivity index is 1.35. The van der Waals surface area contributed by atoms with Gasteiger partial charge in [0.2, 0.25) is 10.0 Å². The largest absolute Gasteiger partial charge is 0.493 e. The Labute approximate surface area is 203 Å². The summed E-state index contributed by atoms with van der Waals surface area (Å²) in [6, 6.07) is 7.05. The number of halogens is 3. The smallest absolute Gasteiger partial charge is 0.267 e. The van der Waals surface area contributed by atoms with Crippen molar-refractivity contribution in [3.05, 3.63) is 63.7 Å². The Morgan fingerprint density at radius 2 is 1.85 bits per heavy atom. The summed E-state index contributed by atoms with van der Waals surface area (Å²) in [6.07, 6.45) is 4.48. The predicted molar refractivity (Wildman–Crippen MR) is 126 cm³/mol. The van der Waals surface area contributed by atoms with Crippen LogP contribution in [0.25, 0.3) is 0 Å². The molecule has 0 bridgehead atoms. The van der Waals surface area contributed by atoms with Crippen molar-refractivity contribution in [3.63, 3.8) is 0 Å². The van der Waals surface area contributed by atoms with Crippen LogP contribution in [0.3, 0.4) is 0 Å². The molecular weight excluding hydrogens is 486 g/mol. The summed E-state index contributed by atoms with van der Waals surface area (Å²) in [5.74, 6) is -1.26. The van der Waals surface area contributed by atoms with Crippen molar-refractivity contribution in [1.29, 1.82) is 0 Å². The average Bonchev–Trinajstić information content (AvgIpc) is 3.59. The van der Waals surface area contributed by atoms with Crippen molar-refractivity contribution in [2.45, 2.75) is 38.1 Å². The summed E-state index contributed by atoms with van der Waals surface area (Å²) >= 11 is 6.14. The Morgan fingerprint density at radius 3 is 2.47 bits per heavy atom. The summed E-state index contributed by atoms with van der Waals surface area (Å²) < 4.78 is 58.4. The van der Waals surface area contributed by atoms with Crippen molar-refractivity contribution in [3.8, 4) is 5.75 Å².